The van der Waals surface area contributed by atoms with Gasteiger partial charge < -0.3 is 20.5 Å². The number of aromatic nitrogens is 1. The Hall–Kier alpha value is -3.62. The molecule has 5 N–H and O–H groups in total. The van der Waals surface area contributed by atoms with E-state index in [-0.39, 0.29) is 17.3 Å². The van der Waals surface area contributed by atoms with Crippen molar-refractivity contribution in [2.45, 2.75) is 0 Å². The Morgan fingerprint density at radius 2 is 1.83 bits per heavy atom. The smallest absolute Gasteiger partial charge is 0.253 e. The van der Waals surface area contributed by atoms with Gasteiger partial charge in [-0.1, -0.05) is 30.3 Å². The minimum Gasteiger partial charge on any atom is -0.365 e. The number of carbonyl (C=O) groups is 2. The second-order valence-corrected chi connectivity index (χ2v) is 7.09. The molecule has 8 nitrogen and oxygen atoms in total. The largest absolute Gasteiger partial charge is 0.365 e. The molecule has 0 aliphatic carbocycles. The van der Waals surface area contributed by atoms with Crippen molar-refractivity contribution in [1.29, 1.82) is 0 Å². The van der Waals surface area contributed by atoms with Crippen LogP contribution in [0.25, 0.3) is 16.8 Å². The normalized spacial score (nSPS) is 10.8. The Morgan fingerprint density at radius 3 is 2.47 bits per heavy atom. The molecule has 0 aliphatic rings. The first-order valence-electron chi connectivity index (χ1n) is 9.46. The van der Waals surface area contributed by atoms with Crippen LogP contribution in [0.5, 0.6) is 0 Å². The second kappa shape index (κ2) is 9.25. The summed E-state index contributed by atoms with van der Waals surface area (Å²) >= 11 is 0. The molecule has 0 spiro atoms. The SMILES string of the molecule is CN(C)CCNC(=O)c1cccc(-c2cn(-c3ccccc3)c(NO)c2C(N)=O)c1. The lowest BCUT2D eigenvalue weighted by Crippen LogP contribution is -2.31. The molecule has 0 unspecified atom stereocenters. The lowest BCUT2D eigenvalue weighted by Gasteiger charge is -2.11. The van der Waals surface area contributed by atoms with Crippen LogP contribution in [-0.4, -0.2) is 53.7 Å². The van der Waals surface area contributed by atoms with Gasteiger partial charge in [0, 0.05) is 36.1 Å². The fraction of sp³-hybridized carbons (Fsp3) is 0.182. The van der Waals surface area contributed by atoms with Gasteiger partial charge in [0.05, 0.1) is 5.56 Å². The molecular formula is C22H25N5O3. The molecule has 0 radical (unpaired) electrons. The van der Waals surface area contributed by atoms with Crippen LogP contribution >= 0.6 is 0 Å². The number of likely N-dealkylation sites (N-methyl/N-ethyl adjacent to an activating group) is 1. The summed E-state index contributed by atoms with van der Waals surface area (Å²) < 4.78 is 1.64. The van der Waals surface area contributed by atoms with Crippen LogP contribution in [0.1, 0.15) is 20.7 Å². The van der Waals surface area contributed by atoms with E-state index in [0.717, 1.165) is 12.2 Å². The Labute approximate surface area is 174 Å². The van der Waals surface area contributed by atoms with Crippen LogP contribution < -0.4 is 16.5 Å². The maximum absolute atomic E-state index is 12.5. The maximum atomic E-state index is 12.5. The summed E-state index contributed by atoms with van der Waals surface area (Å²) in [7, 11) is 3.87. The van der Waals surface area contributed by atoms with Gasteiger partial charge in [-0.2, -0.15) is 0 Å². The van der Waals surface area contributed by atoms with Crippen LogP contribution in [-0.2, 0) is 0 Å². The highest BCUT2D eigenvalue weighted by Crippen LogP contribution is 2.33. The highest BCUT2D eigenvalue weighted by atomic mass is 16.5. The molecule has 1 aromatic heterocycles. The zero-order chi connectivity index (χ0) is 21.7. The third-order valence-corrected chi connectivity index (χ3v) is 4.67. The first kappa shape index (κ1) is 21.1. The van der Waals surface area contributed by atoms with E-state index in [1.54, 1.807) is 35.0 Å². The van der Waals surface area contributed by atoms with Crippen LogP contribution in [0, 0.1) is 0 Å². The van der Waals surface area contributed by atoms with Crippen molar-refractivity contribution in [3.63, 3.8) is 0 Å². The van der Waals surface area contributed by atoms with E-state index in [9.17, 15) is 14.8 Å². The van der Waals surface area contributed by atoms with Gasteiger partial charge in [-0.15, -0.1) is 0 Å². The summed E-state index contributed by atoms with van der Waals surface area (Å²) in [6.45, 7) is 1.24. The minimum atomic E-state index is -0.697. The molecule has 3 rings (SSSR count). The zero-order valence-corrected chi connectivity index (χ0v) is 16.9. The van der Waals surface area contributed by atoms with Gasteiger partial charge in [0.25, 0.3) is 11.8 Å². The van der Waals surface area contributed by atoms with Gasteiger partial charge in [-0.3, -0.25) is 20.3 Å². The van der Waals surface area contributed by atoms with E-state index >= 15 is 0 Å². The lowest BCUT2D eigenvalue weighted by molar-refractivity contribution is 0.0950. The van der Waals surface area contributed by atoms with E-state index in [0.29, 0.717) is 23.2 Å². The van der Waals surface area contributed by atoms with Gasteiger partial charge in [0.15, 0.2) is 0 Å². The summed E-state index contributed by atoms with van der Waals surface area (Å²) in [5.41, 5.74) is 10.2. The number of hydrogen-bond donors (Lipinski definition) is 4. The van der Waals surface area contributed by atoms with Crippen LogP contribution in [0.4, 0.5) is 5.82 Å². The Morgan fingerprint density at radius 1 is 1.10 bits per heavy atom. The van der Waals surface area contributed by atoms with Gasteiger partial charge in [0.1, 0.15) is 5.82 Å². The molecule has 30 heavy (non-hydrogen) atoms. The van der Waals surface area contributed by atoms with Crippen molar-refractivity contribution in [2.24, 2.45) is 5.73 Å². The number of anilines is 1. The molecule has 8 heteroatoms. The fourth-order valence-corrected chi connectivity index (χ4v) is 3.20. The number of carbonyl (C=O) groups excluding carboxylic acids is 2. The molecular weight excluding hydrogens is 382 g/mol. The second-order valence-electron chi connectivity index (χ2n) is 7.09. The molecule has 0 atom stereocenters. The first-order valence-corrected chi connectivity index (χ1v) is 9.46. The molecule has 2 amide bonds. The van der Waals surface area contributed by atoms with Gasteiger partial charge in [0.2, 0.25) is 0 Å². The quantitative estimate of drug-likeness (QED) is 0.428. The number of nitrogens with zero attached hydrogens (tertiary/aromatic N) is 2. The summed E-state index contributed by atoms with van der Waals surface area (Å²) in [4.78, 5) is 26.7. The van der Waals surface area contributed by atoms with Crippen molar-refractivity contribution < 1.29 is 14.8 Å². The zero-order valence-electron chi connectivity index (χ0n) is 16.9. The molecule has 0 fully saturated rings. The molecule has 0 aliphatic heterocycles. The number of rotatable bonds is 8. The van der Waals surface area contributed by atoms with E-state index in [2.05, 4.69) is 10.8 Å². The number of nitrogens with two attached hydrogens (primary N) is 1. The van der Waals surface area contributed by atoms with Crippen molar-refractivity contribution in [3.05, 3.63) is 71.9 Å². The van der Waals surface area contributed by atoms with E-state index in [1.807, 2.05) is 49.3 Å². The van der Waals surface area contributed by atoms with Crippen molar-refractivity contribution in [1.82, 2.24) is 14.8 Å². The number of benzene rings is 2. The molecule has 1 heterocycles. The predicted molar refractivity (Wildman–Crippen MR) is 116 cm³/mol. The van der Waals surface area contributed by atoms with E-state index < -0.39 is 5.91 Å². The number of para-hydroxylation sites is 1. The number of amides is 2. The highest BCUT2D eigenvalue weighted by molar-refractivity contribution is 6.05. The van der Waals surface area contributed by atoms with Crippen molar-refractivity contribution in [3.8, 4) is 16.8 Å². The molecule has 0 saturated heterocycles. The molecule has 2 aromatic carbocycles. The predicted octanol–water partition coefficient (Wildman–Crippen LogP) is 2.34. The third kappa shape index (κ3) is 4.51. The summed E-state index contributed by atoms with van der Waals surface area (Å²) in [5.74, 6) is -0.746. The van der Waals surface area contributed by atoms with Crippen LogP contribution in [0.2, 0.25) is 0 Å². The van der Waals surface area contributed by atoms with Gasteiger partial charge in [-0.25, -0.2) is 0 Å². The number of hydrogen-bond acceptors (Lipinski definition) is 5. The van der Waals surface area contributed by atoms with Crippen LogP contribution in [0.3, 0.4) is 0 Å². The Bertz CT molecular complexity index is 1040. The monoisotopic (exact) mass is 407 g/mol. The molecule has 156 valence electrons. The standard InChI is InChI=1S/C22H25N5O3/c1-26(2)12-11-24-22(29)16-8-6-7-15(13-16)18-14-27(17-9-4-3-5-10-17)21(25-30)19(18)20(23)28/h3-10,13-14,25,30H,11-12H2,1-2H3,(H2,23,28)(H,24,29). The van der Waals surface area contributed by atoms with Crippen LogP contribution in [0.15, 0.2) is 60.8 Å². The fourth-order valence-electron chi connectivity index (χ4n) is 3.20. The molecule has 3 aromatic rings. The number of primary amides is 1. The summed E-state index contributed by atoms with van der Waals surface area (Å²) in [6, 6.07) is 16.2. The summed E-state index contributed by atoms with van der Waals surface area (Å²) in [5, 5.41) is 12.6. The first-order chi connectivity index (χ1) is 14.4. The summed E-state index contributed by atoms with van der Waals surface area (Å²) in [6.07, 6.45) is 1.71. The average molecular weight is 407 g/mol. The maximum Gasteiger partial charge on any atom is 0.253 e. The van der Waals surface area contributed by atoms with Gasteiger partial charge >= 0.3 is 0 Å². The van der Waals surface area contributed by atoms with Crippen molar-refractivity contribution in [2.75, 3.05) is 32.7 Å². The minimum absolute atomic E-state index is 0.131. The van der Waals surface area contributed by atoms with E-state index in [1.165, 1.54) is 0 Å². The number of nitrogens with one attached hydrogen (secondary N) is 2. The third-order valence-electron chi connectivity index (χ3n) is 4.67. The topological polar surface area (TPSA) is 113 Å². The Balaban J connectivity index is 2.02. The Kier molecular flexibility index (Phi) is 6.51. The molecule has 0 bridgehead atoms. The average Bonchev–Trinajstić information content (AvgIpc) is 3.14. The van der Waals surface area contributed by atoms with E-state index in [4.69, 9.17) is 5.73 Å². The van der Waals surface area contributed by atoms with Gasteiger partial charge in [-0.05, 0) is 43.9 Å². The molecule has 0 saturated carbocycles. The van der Waals surface area contributed by atoms with Crippen molar-refractivity contribution >= 4 is 17.6 Å². The lowest BCUT2D eigenvalue weighted by atomic mass is 10.0. The highest BCUT2D eigenvalue weighted by Gasteiger charge is 2.22.